The number of benzene rings is 7. The summed E-state index contributed by atoms with van der Waals surface area (Å²) in [6.45, 7) is 25.5. The first-order valence-corrected chi connectivity index (χ1v) is 23.0. The molecule has 2 aliphatic rings. The standard InChI is InChI=1S/C58H57BN4/c1-34(2)39-20-16-21-40(35(3)4)51(39)56-60-53-43(58(9,10)11)30-31-45-55(53)63(56)50-25-17-24-49-52(50)59(45)44-32-33-46(62-47-22-14-12-18-41(47)42-19-13-15-23-48(42)62)36(5)54(44)61(49)38-28-26-37(27-29-38)57(6,7)8/h12-35H,1-11H3. The molecule has 312 valence electrons. The predicted octanol–water partition coefficient (Wildman–Crippen LogP) is 13.6. The van der Waals surface area contributed by atoms with Crippen molar-refractivity contribution in [3.05, 3.63) is 161 Å². The van der Waals surface area contributed by atoms with Gasteiger partial charge in [-0.25, -0.2) is 4.98 Å². The Bertz CT molecular complexity index is 3250. The lowest BCUT2D eigenvalue weighted by Crippen LogP contribution is -2.60. The Kier molecular flexibility index (Phi) is 8.68. The van der Waals surface area contributed by atoms with Crippen molar-refractivity contribution in [2.75, 3.05) is 4.90 Å². The van der Waals surface area contributed by atoms with Gasteiger partial charge >= 0.3 is 0 Å². The zero-order valence-corrected chi connectivity index (χ0v) is 38.7. The molecular formula is C58H57BN4. The third-order valence-corrected chi connectivity index (χ3v) is 14.2. The molecule has 0 atom stereocenters. The van der Waals surface area contributed by atoms with Crippen LogP contribution in [-0.4, -0.2) is 20.8 Å². The second-order valence-electron chi connectivity index (χ2n) is 20.8. The second-order valence-corrected chi connectivity index (χ2v) is 20.8. The molecule has 0 saturated carbocycles. The van der Waals surface area contributed by atoms with Crippen LogP contribution >= 0.6 is 0 Å². The average molecular weight is 821 g/mol. The van der Waals surface area contributed by atoms with Crippen LogP contribution in [0.2, 0.25) is 0 Å². The first-order chi connectivity index (χ1) is 30.1. The van der Waals surface area contributed by atoms with Gasteiger partial charge in [0.15, 0.2) is 0 Å². The molecule has 0 bridgehead atoms. The Labute approximate surface area is 373 Å². The number of imidazole rings is 1. The van der Waals surface area contributed by atoms with Gasteiger partial charge in [0.25, 0.3) is 6.71 Å². The highest BCUT2D eigenvalue weighted by molar-refractivity contribution is 7.00. The first kappa shape index (κ1) is 39.5. The summed E-state index contributed by atoms with van der Waals surface area (Å²) in [7, 11) is 0. The van der Waals surface area contributed by atoms with Gasteiger partial charge in [0.2, 0.25) is 0 Å². The quantitative estimate of drug-likeness (QED) is 0.162. The maximum absolute atomic E-state index is 5.86. The van der Waals surface area contributed by atoms with Crippen LogP contribution in [0.1, 0.15) is 109 Å². The lowest BCUT2D eigenvalue weighted by Gasteiger charge is -2.41. The summed E-state index contributed by atoms with van der Waals surface area (Å²) >= 11 is 0. The van der Waals surface area contributed by atoms with Gasteiger partial charge in [0.05, 0.1) is 27.8 Å². The number of nitrogens with zero attached hydrogens (tertiary/aromatic N) is 4. The van der Waals surface area contributed by atoms with E-state index >= 15 is 0 Å². The van der Waals surface area contributed by atoms with Crippen molar-refractivity contribution >= 4 is 73.0 Å². The molecule has 0 spiro atoms. The Balaban J connectivity index is 1.27. The minimum atomic E-state index is -0.107. The highest BCUT2D eigenvalue weighted by atomic mass is 15.2. The smallest absolute Gasteiger partial charge is 0.252 e. The topological polar surface area (TPSA) is 26.0 Å². The fraction of sp³-hybridized carbons (Fsp3) is 0.259. The molecule has 2 aromatic heterocycles. The number of fused-ring (bicyclic) bond motifs is 7. The maximum Gasteiger partial charge on any atom is 0.252 e. The monoisotopic (exact) mass is 820 g/mol. The van der Waals surface area contributed by atoms with Crippen molar-refractivity contribution in [1.82, 2.24) is 14.1 Å². The lowest BCUT2D eigenvalue weighted by atomic mass is 9.33. The highest BCUT2D eigenvalue weighted by Gasteiger charge is 2.44. The molecule has 4 heterocycles. The number of rotatable bonds is 5. The summed E-state index contributed by atoms with van der Waals surface area (Å²) in [6.07, 6.45) is 0. The van der Waals surface area contributed by atoms with E-state index in [1.807, 2.05) is 0 Å². The number of hydrogen-bond donors (Lipinski definition) is 0. The minimum absolute atomic E-state index is 0.000629. The summed E-state index contributed by atoms with van der Waals surface area (Å²) in [5, 5.41) is 2.54. The number of para-hydroxylation sites is 2. The first-order valence-electron chi connectivity index (χ1n) is 23.0. The Morgan fingerprint density at radius 1 is 0.540 bits per heavy atom. The zero-order valence-electron chi connectivity index (χ0n) is 38.7. The van der Waals surface area contributed by atoms with Gasteiger partial charge in [0, 0.05) is 39.1 Å². The van der Waals surface area contributed by atoms with Gasteiger partial charge < -0.3 is 9.47 Å². The van der Waals surface area contributed by atoms with Crippen LogP contribution < -0.4 is 21.3 Å². The van der Waals surface area contributed by atoms with E-state index in [-0.39, 0.29) is 17.5 Å². The Morgan fingerprint density at radius 2 is 1.13 bits per heavy atom. The van der Waals surface area contributed by atoms with E-state index in [1.165, 1.54) is 99.8 Å². The van der Waals surface area contributed by atoms with Crippen molar-refractivity contribution in [2.24, 2.45) is 0 Å². The number of aromatic nitrogens is 3. The normalized spacial score (nSPS) is 13.5. The van der Waals surface area contributed by atoms with Crippen LogP contribution in [-0.2, 0) is 10.8 Å². The van der Waals surface area contributed by atoms with Gasteiger partial charge in [0.1, 0.15) is 5.82 Å². The van der Waals surface area contributed by atoms with Crippen molar-refractivity contribution in [3.8, 4) is 22.8 Å². The van der Waals surface area contributed by atoms with E-state index in [4.69, 9.17) is 4.98 Å². The van der Waals surface area contributed by atoms with Crippen LogP contribution in [0.3, 0.4) is 0 Å². The molecule has 9 aromatic rings. The lowest BCUT2D eigenvalue weighted by molar-refractivity contribution is 0.590. The molecule has 63 heavy (non-hydrogen) atoms. The molecule has 5 heteroatoms. The summed E-state index contributed by atoms with van der Waals surface area (Å²) in [4.78, 5) is 8.44. The summed E-state index contributed by atoms with van der Waals surface area (Å²) in [5.74, 6) is 1.71. The van der Waals surface area contributed by atoms with Gasteiger partial charge in [-0.15, -0.1) is 0 Å². The molecule has 11 rings (SSSR count). The van der Waals surface area contributed by atoms with Crippen LogP contribution in [0.5, 0.6) is 0 Å². The summed E-state index contributed by atoms with van der Waals surface area (Å²) in [6, 6.07) is 50.7. The van der Waals surface area contributed by atoms with E-state index in [9.17, 15) is 0 Å². The van der Waals surface area contributed by atoms with Gasteiger partial charge in [-0.3, -0.25) is 4.57 Å². The van der Waals surface area contributed by atoms with Crippen molar-refractivity contribution < 1.29 is 0 Å². The van der Waals surface area contributed by atoms with Crippen molar-refractivity contribution in [3.63, 3.8) is 0 Å². The third kappa shape index (κ3) is 5.71. The third-order valence-electron chi connectivity index (χ3n) is 14.2. The Morgan fingerprint density at radius 3 is 1.73 bits per heavy atom. The van der Waals surface area contributed by atoms with Gasteiger partial charge in [-0.1, -0.05) is 160 Å². The van der Waals surface area contributed by atoms with Crippen LogP contribution in [0.25, 0.3) is 55.6 Å². The fourth-order valence-electron chi connectivity index (χ4n) is 11.1. The summed E-state index contributed by atoms with van der Waals surface area (Å²) < 4.78 is 5.05. The summed E-state index contributed by atoms with van der Waals surface area (Å²) in [5.41, 5.74) is 22.6. The molecular weight excluding hydrogens is 763 g/mol. The van der Waals surface area contributed by atoms with Gasteiger partial charge in [-0.05, 0) is 116 Å². The average Bonchev–Trinajstić information content (AvgIpc) is 3.81. The highest BCUT2D eigenvalue weighted by Crippen LogP contribution is 2.46. The van der Waals surface area contributed by atoms with E-state index < -0.39 is 0 Å². The number of hydrogen-bond acceptors (Lipinski definition) is 2. The zero-order chi connectivity index (χ0) is 43.9. The van der Waals surface area contributed by atoms with E-state index in [0.29, 0.717) is 11.8 Å². The SMILES string of the molecule is Cc1c(-n2c3ccccc3c3ccccc32)ccc2c1N(c1ccc(C(C)(C)C)cc1)c1cccc3c1B2c1ccc(C(C)(C)C)c2nc(-c4c(C(C)C)cccc4C(C)C)n-3c12. The van der Waals surface area contributed by atoms with Crippen LogP contribution in [0.15, 0.2) is 133 Å². The van der Waals surface area contributed by atoms with Crippen LogP contribution in [0.4, 0.5) is 17.1 Å². The largest absolute Gasteiger partial charge is 0.311 e. The predicted molar refractivity (Wildman–Crippen MR) is 270 cm³/mol. The number of anilines is 3. The molecule has 0 N–H and O–H groups in total. The molecule has 0 radical (unpaired) electrons. The molecule has 0 aliphatic carbocycles. The second kappa shape index (κ2) is 13.8. The minimum Gasteiger partial charge on any atom is -0.311 e. The maximum atomic E-state index is 5.86. The fourth-order valence-corrected chi connectivity index (χ4v) is 11.1. The van der Waals surface area contributed by atoms with E-state index in [0.717, 1.165) is 17.0 Å². The molecule has 0 unspecified atom stereocenters. The molecule has 4 nitrogen and oxygen atoms in total. The van der Waals surface area contributed by atoms with Gasteiger partial charge in [-0.2, -0.15) is 0 Å². The van der Waals surface area contributed by atoms with E-state index in [2.05, 4.69) is 224 Å². The Hall–Kier alpha value is -6.33. The van der Waals surface area contributed by atoms with Crippen molar-refractivity contribution in [1.29, 1.82) is 0 Å². The van der Waals surface area contributed by atoms with Crippen LogP contribution in [0, 0.1) is 6.92 Å². The van der Waals surface area contributed by atoms with E-state index in [1.54, 1.807) is 0 Å². The molecule has 0 saturated heterocycles. The molecule has 0 amide bonds. The molecule has 7 aromatic carbocycles. The molecule has 0 fully saturated rings. The van der Waals surface area contributed by atoms with Crippen molar-refractivity contribution in [2.45, 2.75) is 98.8 Å². The molecule has 2 aliphatic heterocycles.